The van der Waals surface area contributed by atoms with E-state index in [9.17, 15) is 4.39 Å². The third-order valence-electron chi connectivity index (χ3n) is 4.34. The highest BCUT2D eigenvalue weighted by Gasteiger charge is 2.14. The molecule has 2 aromatic carbocycles. The van der Waals surface area contributed by atoms with Crippen LogP contribution in [0.5, 0.6) is 5.75 Å². The summed E-state index contributed by atoms with van der Waals surface area (Å²) in [5.74, 6) is 6.67. The molecule has 0 spiro atoms. The van der Waals surface area contributed by atoms with E-state index in [4.69, 9.17) is 22.2 Å². The van der Waals surface area contributed by atoms with Crippen LogP contribution in [0.2, 0.25) is 5.15 Å². The molecule has 6 nitrogen and oxygen atoms in total. The summed E-state index contributed by atoms with van der Waals surface area (Å²) < 4.78 is 20.5. The summed E-state index contributed by atoms with van der Waals surface area (Å²) in [6.45, 7) is 0.00104. The van der Waals surface area contributed by atoms with E-state index < -0.39 is 5.82 Å². The first-order chi connectivity index (χ1) is 14.5. The van der Waals surface area contributed by atoms with Crippen molar-refractivity contribution in [2.45, 2.75) is 22.4 Å². The van der Waals surface area contributed by atoms with Crippen LogP contribution in [0.4, 0.5) is 4.39 Å². The molecule has 4 rings (SSSR count). The van der Waals surface area contributed by atoms with Gasteiger partial charge in [0.25, 0.3) is 0 Å². The van der Waals surface area contributed by atoms with Crippen LogP contribution in [0.25, 0.3) is 10.9 Å². The number of pyridine rings is 1. The molecule has 0 aliphatic rings. The van der Waals surface area contributed by atoms with Gasteiger partial charge in [-0.15, -0.1) is 22.0 Å². The average Bonchev–Trinajstić information content (AvgIpc) is 3.10. The smallest absolute Gasteiger partial charge is 0.210 e. The Morgan fingerprint density at radius 2 is 2.00 bits per heavy atom. The van der Waals surface area contributed by atoms with Gasteiger partial charge in [-0.2, -0.15) is 0 Å². The summed E-state index contributed by atoms with van der Waals surface area (Å²) in [6.07, 6.45) is 2.02. The fraction of sp³-hybridized carbons (Fsp3) is 0.150. The minimum absolute atomic E-state index is 0.00104. The second-order valence-corrected chi connectivity index (χ2v) is 8.45. The second kappa shape index (κ2) is 9.11. The number of rotatable bonds is 7. The number of ether oxygens (including phenoxy) is 1. The highest BCUT2D eigenvalue weighted by Crippen LogP contribution is 2.29. The quantitative estimate of drug-likeness (QED) is 0.237. The molecule has 0 aliphatic heterocycles. The van der Waals surface area contributed by atoms with Crippen molar-refractivity contribution in [2.75, 3.05) is 12.1 Å². The van der Waals surface area contributed by atoms with Crippen LogP contribution in [0.3, 0.4) is 0 Å². The maximum absolute atomic E-state index is 13.7. The summed E-state index contributed by atoms with van der Waals surface area (Å²) in [7, 11) is 0. The molecular weight excluding hydrogens is 445 g/mol. The highest BCUT2D eigenvalue weighted by molar-refractivity contribution is 7.98. The van der Waals surface area contributed by atoms with Crippen LogP contribution in [-0.4, -0.2) is 26.1 Å². The van der Waals surface area contributed by atoms with Crippen LogP contribution in [-0.2, 0) is 12.4 Å². The summed E-state index contributed by atoms with van der Waals surface area (Å²) in [5.41, 5.74) is 1.73. The number of benzene rings is 2. The van der Waals surface area contributed by atoms with Gasteiger partial charge in [-0.1, -0.05) is 41.6 Å². The van der Waals surface area contributed by atoms with Gasteiger partial charge in [-0.25, -0.2) is 14.1 Å². The summed E-state index contributed by atoms with van der Waals surface area (Å²) in [5, 5.41) is 10.1. The number of nitrogens with two attached hydrogens (primary N) is 1. The van der Waals surface area contributed by atoms with Gasteiger partial charge in [-0.3, -0.25) is 0 Å². The molecule has 0 radical (unpaired) electrons. The van der Waals surface area contributed by atoms with Gasteiger partial charge in [0.15, 0.2) is 17.4 Å². The van der Waals surface area contributed by atoms with E-state index in [1.165, 1.54) is 22.5 Å². The van der Waals surface area contributed by atoms with E-state index >= 15 is 0 Å². The number of hydrogen-bond donors (Lipinski definition) is 1. The molecule has 0 saturated heterocycles. The predicted molar refractivity (Wildman–Crippen MR) is 119 cm³/mol. The first kappa shape index (κ1) is 20.8. The standard InChI is InChI=1S/C20H17ClFN5OS2/c1-29-14-7-6-12-8-13(19(21)24-16(12)9-14)11-30-20-26-25-18(27(20)23)10-28-17-5-3-2-4-15(17)22/h2-9H,10-11,23H2,1H3. The largest absolute Gasteiger partial charge is 0.482 e. The maximum Gasteiger partial charge on any atom is 0.210 e. The number of para-hydroxylation sites is 1. The molecule has 2 heterocycles. The minimum Gasteiger partial charge on any atom is -0.482 e. The fourth-order valence-corrected chi connectivity index (χ4v) is 4.32. The highest BCUT2D eigenvalue weighted by atomic mass is 35.5. The minimum atomic E-state index is -0.446. The van der Waals surface area contributed by atoms with Crippen molar-refractivity contribution in [1.29, 1.82) is 0 Å². The molecule has 0 amide bonds. The first-order valence-corrected chi connectivity index (χ1v) is 11.5. The molecule has 0 fully saturated rings. The molecule has 2 N–H and O–H groups in total. The van der Waals surface area contributed by atoms with E-state index in [1.54, 1.807) is 30.0 Å². The lowest BCUT2D eigenvalue weighted by Crippen LogP contribution is -2.16. The predicted octanol–water partition coefficient (Wildman–Crippen LogP) is 4.93. The molecule has 30 heavy (non-hydrogen) atoms. The second-order valence-electron chi connectivity index (χ2n) is 6.27. The van der Waals surface area contributed by atoms with Gasteiger partial charge in [0.05, 0.1) is 5.52 Å². The Bertz CT molecular complexity index is 1200. The van der Waals surface area contributed by atoms with Crippen molar-refractivity contribution in [3.05, 3.63) is 70.9 Å². The molecule has 0 atom stereocenters. The Hall–Kier alpha value is -2.49. The number of fused-ring (bicyclic) bond motifs is 1. The van der Waals surface area contributed by atoms with Crippen molar-refractivity contribution in [3.63, 3.8) is 0 Å². The summed E-state index contributed by atoms with van der Waals surface area (Å²) >= 11 is 9.42. The van der Waals surface area contributed by atoms with Gasteiger partial charge < -0.3 is 10.6 Å². The van der Waals surface area contributed by atoms with E-state index in [-0.39, 0.29) is 12.4 Å². The zero-order valence-electron chi connectivity index (χ0n) is 15.9. The first-order valence-electron chi connectivity index (χ1n) is 8.88. The third-order valence-corrected chi connectivity index (χ3v) is 6.38. The monoisotopic (exact) mass is 461 g/mol. The average molecular weight is 462 g/mol. The van der Waals surface area contributed by atoms with E-state index in [1.807, 2.05) is 24.5 Å². The van der Waals surface area contributed by atoms with E-state index in [0.29, 0.717) is 21.9 Å². The van der Waals surface area contributed by atoms with Gasteiger partial charge in [0, 0.05) is 21.6 Å². The summed E-state index contributed by atoms with van der Waals surface area (Å²) in [6, 6.07) is 14.3. The van der Waals surface area contributed by atoms with Crippen LogP contribution < -0.4 is 10.6 Å². The molecule has 10 heteroatoms. The normalized spacial score (nSPS) is 11.2. The van der Waals surface area contributed by atoms with Gasteiger partial charge in [0.2, 0.25) is 5.16 Å². The third kappa shape index (κ3) is 4.48. The molecule has 0 saturated carbocycles. The Morgan fingerprint density at radius 1 is 1.17 bits per heavy atom. The molecule has 154 valence electrons. The van der Waals surface area contributed by atoms with Crippen molar-refractivity contribution >= 4 is 46.0 Å². The van der Waals surface area contributed by atoms with Crippen molar-refractivity contribution in [2.24, 2.45) is 0 Å². The Morgan fingerprint density at radius 3 is 2.80 bits per heavy atom. The number of thioether (sulfide) groups is 2. The van der Waals surface area contributed by atoms with E-state index in [2.05, 4.69) is 21.2 Å². The topological polar surface area (TPSA) is 78.9 Å². The van der Waals surface area contributed by atoms with E-state index in [0.717, 1.165) is 21.4 Å². The molecule has 4 aromatic rings. The van der Waals surface area contributed by atoms with Crippen molar-refractivity contribution in [1.82, 2.24) is 19.9 Å². The van der Waals surface area contributed by atoms with Crippen molar-refractivity contribution in [3.8, 4) is 5.75 Å². The maximum atomic E-state index is 13.7. The number of nitrogen functional groups attached to an aromatic ring is 1. The summed E-state index contributed by atoms with van der Waals surface area (Å²) in [4.78, 5) is 5.64. The van der Waals surface area contributed by atoms with Gasteiger partial charge >= 0.3 is 0 Å². The van der Waals surface area contributed by atoms with Crippen LogP contribution in [0.15, 0.2) is 58.6 Å². The molecule has 2 aromatic heterocycles. The zero-order chi connectivity index (χ0) is 21.1. The number of halogens is 2. The number of hydrogen-bond acceptors (Lipinski definition) is 7. The SMILES string of the molecule is CSc1ccc2cc(CSc3nnc(COc4ccccc4F)n3N)c(Cl)nc2c1. The Kier molecular flexibility index (Phi) is 6.31. The lowest BCUT2D eigenvalue weighted by molar-refractivity contribution is 0.277. The molecule has 0 bridgehead atoms. The Balaban J connectivity index is 1.45. The lowest BCUT2D eigenvalue weighted by atomic mass is 10.2. The van der Waals surface area contributed by atoms with Gasteiger partial charge in [0.1, 0.15) is 11.8 Å². The lowest BCUT2D eigenvalue weighted by Gasteiger charge is -2.08. The number of nitrogens with zero attached hydrogens (tertiary/aromatic N) is 4. The Labute approximate surface area is 186 Å². The zero-order valence-corrected chi connectivity index (χ0v) is 18.3. The van der Waals surface area contributed by atoms with Crippen molar-refractivity contribution < 1.29 is 9.13 Å². The molecule has 0 aliphatic carbocycles. The number of aromatic nitrogens is 4. The van der Waals surface area contributed by atoms with Crippen LogP contribution in [0, 0.1) is 5.82 Å². The van der Waals surface area contributed by atoms with Crippen LogP contribution in [0.1, 0.15) is 11.4 Å². The van der Waals surface area contributed by atoms with Crippen LogP contribution >= 0.6 is 35.1 Å². The molecular formula is C20H17ClFN5OS2. The van der Waals surface area contributed by atoms with Gasteiger partial charge in [-0.05, 0) is 36.6 Å². The fourth-order valence-electron chi connectivity index (χ4n) is 2.75. The molecule has 0 unspecified atom stereocenters.